The van der Waals surface area contributed by atoms with Crippen molar-refractivity contribution in [1.29, 1.82) is 0 Å². The van der Waals surface area contributed by atoms with Gasteiger partial charge in [-0.25, -0.2) is 0 Å². The Kier molecular flexibility index (Phi) is 5.70. The molecule has 2 heterocycles. The molecule has 2 aromatic rings. The highest BCUT2D eigenvalue weighted by Crippen LogP contribution is 2.33. The van der Waals surface area contributed by atoms with Crippen LogP contribution >= 0.6 is 27.7 Å². The molecule has 1 aromatic carbocycles. The number of benzene rings is 1. The standard InChI is InChI=1S/C19H19BrN2O3S/c1-12-10-14(13(2)22(12)16-6-4-15(20)5-7-16)11-17-18(23)21(8-9-25-3)19(24)26-17/h4-7,10-11H,8-9H2,1-3H3/b17-11-. The lowest BCUT2D eigenvalue weighted by molar-refractivity contribution is -0.123. The molecule has 1 aliphatic rings. The van der Waals surface area contributed by atoms with Gasteiger partial charge < -0.3 is 9.30 Å². The number of thioether (sulfide) groups is 1. The molecule has 0 bridgehead atoms. The Morgan fingerprint density at radius 3 is 2.54 bits per heavy atom. The van der Waals surface area contributed by atoms with Gasteiger partial charge in [0.2, 0.25) is 0 Å². The number of methoxy groups -OCH3 is 1. The van der Waals surface area contributed by atoms with E-state index in [1.165, 1.54) is 4.90 Å². The van der Waals surface area contributed by atoms with Crippen LogP contribution in [-0.2, 0) is 9.53 Å². The number of ether oxygens (including phenoxy) is 1. The van der Waals surface area contributed by atoms with E-state index in [-0.39, 0.29) is 17.7 Å². The average Bonchev–Trinajstić information content (AvgIpc) is 3.03. The predicted octanol–water partition coefficient (Wildman–Crippen LogP) is 4.54. The minimum Gasteiger partial charge on any atom is -0.383 e. The van der Waals surface area contributed by atoms with Crippen LogP contribution < -0.4 is 0 Å². The van der Waals surface area contributed by atoms with E-state index < -0.39 is 0 Å². The Balaban J connectivity index is 1.93. The van der Waals surface area contributed by atoms with Crippen LogP contribution in [0.2, 0.25) is 0 Å². The van der Waals surface area contributed by atoms with Crippen LogP contribution in [-0.4, -0.2) is 40.9 Å². The van der Waals surface area contributed by atoms with Gasteiger partial charge in [-0.05, 0) is 67.6 Å². The molecule has 5 nitrogen and oxygen atoms in total. The number of halogens is 1. The van der Waals surface area contributed by atoms with Gasteiger partial charge >= 0.3 is 0 Å². The largest absolute Gasteiger partial charge is 0.383 e. The first kappa shape index (κ1) is 18.9. The van der Waals surface area contributed by atoms with Crippen molar-refractivity contribution < 1.29 is 14.3 Å². The Morgan fingerprint density at radius 1 is 1.19 bits per heavy atom. The lowest BCUT2D eigenvalue weighted by Gasteiger charge is -2.11. The number of carbonyl (C=O) groups is 2. The Bertz CT molecular complexity index is 887. The van der Waals surface area contributed by atoms with Crippen molar-refractivity contribution in [2.45, 2.75) is 13.8 Å². The van der Waals surface area contributed by atoms with Crippen LogP contribution in [0, 0.1) is 13.8 Å². The highest BCUT2D eigenvalue weighted by atomic mass is 79.9. The lowest BCUT2D eigenvalue weighted by Crippen LogP contribution is -2.31. The second-order valence-electron chi connectivity index (χ2n) is 5.96. The van der Waals surface area contributed by atoms with Crippen LogP contribution in [0.1, 0.15) is 17.0 Å². The molecule has 0 saturated carbocycles. The zero-order valence-electron chi connectivity index (χ0n) is 14.8. The molecule has 1 fully saturated rings. The molecule has 7 heteroatoms. The highest BCUT2D eigenvalue weighted by molar-refractivity contribution is 9.10. The van der Waals surface area contributed by atoms with Gasteiger partial charge in [0.15, 0.2) is 0 Å². The number of nitrogens with zero attached hydrogens (tertiary/aromatic N) is 2. The van der Waals surface area contributed by atoms with E-state index >= 15 is 0 Å². The Morgan fingerprint density at radius 2 is 1.88 bits per heavy atom. The number of aromatic nitrogens is 1. The molecule has 1 saturated heterocycles. The quantitative estimate of drug-likeness (QED) is 0.648. The Labute approximate surface area is 165 Å². The molecule has 0 spiro atoms. The fraction of sp³-hybridized carbons (Fsp3) is 0.263. The minimum atomic E-state index is -0.259. The third-order valence-electron chi connectivity index (χ3n) is 4.23. The van der Waals surface area contributed by atoms with Gasteiger partial charge in [-0.1, -0.05) is 15.9 Å². The zero-order valence-corrected chi connectivity index (χ0v) is 17.2. The van der Waals surface area contributed by atoms with E-state index in [9.17, 15) is 9.59 Å². The number of rotatable bonds is 5. The molecule has 0 N–H and O–H groups in total. The summed E-state index contributed by atoms with van der Waals surface area (Å²) in [5, 5.41) is -0.250. The van der Waals surface area contributed by atoms with E-state index in [0.29, 0.717) is 11.5 Å². The van der Waals surface area contributed by atoms with E-state index in [1.807, 2.05) is 44.2 Å². The van der Waals surface area contributed by atoms with Crippen molar-refractivity contribution in [3.8, 4) is 5.69 Å². The van der Waals surface area contributed by atoms with Gasteiger partial charge in [-0.15, -0.1) is 0 Å². The normalized spacial score (nSPS) is 16.2. The lowest BCUT2D eigenvalue weighted by atomic mass is 10.2. The minimum absolute atomic E-state index is 0.250. The molecule has 1 aromatic heterocycles. The molecule has 2 amide bonds. The summed E-state index contributed by atoms with van der Waals surface area (Å²) in [6.45, 7) is 4.65. The maximum absolute atomic E-state index is 12.5. The van der Waals surface area contributed by atoms with Gasteiger partial charge in [-0.3, -0.25) is 14.5 Å². The van der Waals surface area contributed by atoms with Gasteiger partial charge in [-0.2, -0.15) is 0 Å². The number of aryl methyl sites for hydroxylation is 1. The second-order valence-corrected chi connectivity index (χ2v) is 7.87. The third-order valence-corrected chi connectivity index (χ3v) is 5.67. The fourth-order valence-electron chi connectivity index (χ4n) is 2.94. The molecule has 0 atom stereocenters. The van der Waals surface area contributed by atoms with Gasteiger partial charge in [0.1, 0.15) is 0 Å². The van der Waals surface area contributed by atoms with Crippen molar-refractivity contribution in [2.75, 3.05) is 20.3 Å². The molecule has 3 rings (SSSR count). The summed E-state index contributed by atoms with van der Waals surface area (Å²) in [5.74, 6) is -0.259. The van der Waals surface area contributed by atoms with E-state index in [4.69, 9.17) is 4.74 Å². The summed E-state index contributed by atoms with van der Waals surface area (Å²) >= 11 is 4.43. The summed E-state index contributed by atoms with van der Waals surface area (Å²) in [6.07, 6.45) is 1.80. The monoisotopic (exact) mass is 434 g/mol. The molecule has 0 unspecified atom stereocenters. The van der Waals surface area contributed by atoms with Crippen molar-refractivity contribution >= 4 is 44.9 Å². The topological polar surface area (TPSA) is 51.5 Å². The fourth-order valence-corrected chi connectivity index (χ4v) is 4.06. The predicted molar refractivity (Wildman–Crippen MR) is 107 cm³/mol. The van der Waals surface area contributed by atoms with E-state index in [0.717, 1.165) is 38.9 Å². The number of carbonyl (C=O) groups excluding carboxylic acids is 2. The van der Waals surface area contributed by atoms with Crippen molar-refractivity contribution in [2.24, 2.45) is 0 Å². The first-order chi connectivity index (χ1) is 12.4. The van der Waals surface area contributed by atoms with Crippen LogP contribution in [0.15, 0.2) is 39.7 Å². The van der Waals surface area contributed by atoms with Crippen LogP contribution in [0.5, 0.6) is 0 Å². The van der Waals surface area contributed by atoms with Crippen molar-refractivity contribution in [3.05, 3.63) is 56.7 Å². The second kappa shape index (κ2) is 7.82. The summed E-state index contributed by atoms with van der Waals surface area (Å²) in [7, 11) is 1.55. The van der Waals surface area contributed by atoms with Crippen molar-refractivity contribution in [1.82, 2.24) is 9.47 Å². The summed E-state index contributed by atoms with van der Waals surface area (Å²) in [5.41, 5.74) is 4.07. The molecule has 0 radical (unpaired) electrons. The van der Waals surface area contributed by atoms with Crippen LogP contribution in [0.25, 0.3) is 11.8 Å². The molecule has 1 aliphatic heterocycles. The van der Waals surface area contributed by atoms with Crippen LogP contribution in [0.3, 0.4) is 0 Å². The summed E-state index contributed by atoms with van der Waals surface area (Å²) in [4.78, 5) is 26.2. The number of hydrogen-bond donors (Lipinski definition) is 0. The highest BCUT2D eigenvalue weighted by Gasteiger charge is 2.34. The molecule has 26 heavy (non-hydrogen) atoms. The maximum atomic E-state index is 12.5. The zero-order chi connectivity index (χ0) is 18.8. The van der Waals surface area contributed by atoms with E-state index in [2.05, 4.69) is 20.5 Å². The molecule has 136 valence electrons. The molecule has 0 aliphatic carbocycles. The number of hydrogen-bond acceptors (Lipinski definition) is 4. The summed E-state index contributed by atoms with van der Waals surface area (Å²) < 4.78 is 8.12. The number of amides is 2. The first-order valence-corrected chi connectivity index (χ1v) is 9.72. The molecular weight excluding hydrogens is 416 g/mol. The number of imide groups is 1. The van der Waals surface area contributed by atoms with E-state index in [1.54, 1.807) is 13.2 Å². The van der Waals surface area contributed by atoms with Crippen molar-refractivity contribution in [3.63, 3.8) is 0 Å². The van der Waals surface area contributed by atoms with Crippen LogP contribution in [0.4, 0.5) is 4.79 Å². The SMILES string of the molecule is COCCN1C(=O)S/C(=C\c2cc(C)n(-c3ccc(Br)cc3)c2C)C1=O. The Hall–Kier alpha value is -1.83. The summed E-state index contributed by atoms with van der Waals surface area (Å²) in [6, 6.07) is 10.1. The smallest absolute Gasteiger partial charge is 0.293 e. The van der Waals surface area contributed by atoms with Gasteiger partial charge in [0.05, 0.1) is 18.1 Å². The maximum Gasteiger partial charge on any atom is 0.293 e. The van der Waals surface area contributed by atoms with Gasteiger partial charge in [0, 0.05) is 28.7 Å². The van der Waals surface area contributed by atoms with Gasteiger partial charge in [0.25, 0.3) is 11.1 Å². The average molecular weight is 435 g/mol. The first-order valence-electron chi connectivity index (χ1n) is 8.11. The molecular formula is C19H19BrN2O3S. The third kappa shape index (κ3) is 3.65.